The third-order valence-electron chi connectivity index (χ3n) is 5.17. The van der Waals surface area contributed by atoms with E-state index in [9.17, 15) is 14.0 Å². The van der Waals surface area contributed by atoms with Gasteiger partial charge in [0.1, 0.15) is 10.6 Å². The molecule has 0 amide bonds. The number of hydrogen-bond acceptors (Lipinski definition) is 5. The molecule has 0 fully saturated rings. The standard InChI is InChI=1S/C26H17FN2O2S2/c27-19-13-11-18(12-14-19)22(30)16-33-26-28-24-23(21(15-32-24)17-7-3-1-4-8-17)25(31)29(26)20-9-5-2-6-10-20/h1-15H,16H2. The number of rotatable bonds is 6. The largest absolute Gasteiger partial charge is 0.293 e. The average molecular weight is 473 g/mol. The van der Waals surface area contributed by atoms with Crippen molar-refractivity contribution in [1.29, 1.82) is 0 Å². The minimum atomic E-state index is -0.392. The van der Waals surface area contributed by atoms with Gasteiger partial charge in [0.2, 0.25) is 0 Å². The first kappa shape index (κ1) is 21.3. The molecule has 4 nitrogen and oxygen atoms in total. The summed E-state index contributed by atoms with van der Waals surface area (Å²) in [6.45, 7) is 0. The number of fused-ring (bicyclic) bond motifs is 1. The number of benzene rings is 3. The maximum Gasteiger partial charge on any atom is 0.268 e. The van der Waals surface area contributed by atoms with E-state index in [4.69, 9.17) is 4.98 Å². The summed E-state index contributed by atoms with van der Waals surface area (Å²) >= 11 is 2.61. The lowest BCUT2D eigenvalue weighted by Crippen LogP contribution is -2.22. The minimum absolute atomic E-state index is 0.0767. The Balaban J connectivity index is 1.60. The van der Waals surface area contributed by atoms with Gasteiger partial charge in [0.25, 0.3) is 5.56 Å². The number of thioether (sulfide) groups is 1. The van der Waals surface area contributed by atoms with E-state index in [-0.39, 0.29) is 17.1 Å². The Morgan fingerprint density at radius 3 is 2.30 bits per heavy atom. The van der Waals surface area contributed by atoms with Crippen molar-refractivity contribution in [2.45, 2.75) is 5.16 Å². The summed E-state index contributed by atoms with van der Waals surface area (Å²) in [5.74, 6) is -0.478. The lowest BCUT2D eigenvalue weighted by atomic mass is 10.1. The van der Waals surface area contributed by atoms with E-state index in [1.807, 2.05) is 66.0 Å². The molecule has 0 aliphatic carbocycles. The third kappa shape index (κ3) is 4.25. The summed E-state index contributed by atoms with van der Waals surface area (Å²) in [5.41, 5.74) is 2.72. The number of carbonyl (C=O) groups excluding carboxylic acids is 1. The van der Waals surface area contributed by atoms with Crippen LogP contribution in [0.25, 0.3) is 27.0 Å². The second-order valence-electron chi connectivity index (χ2n) is 7.28. The molecule has 7 heteroatoms. The van der Waals surface area contributed by atoms with Crippen molar-refractivity contribution in [3.8, 4) is 16.8 Å². The molecule has 0 aliphatic rings. The van der Waals surface area contributed by atoms with Crippen LogP contribution in [0.2, 0.25) is 0 Å². The zero-order valence-electron chi connectivity index (χ0n) is 17.3. The summed E-state index contributed by atoms with van der Waals surface area (Å²) in [5, 5.41) is 2.95. The Bertz CT molecular complexity index is 1500. The molecule has 0 atom stereocenters. The molecule has 0 bridgehead atoms. The van der Waals surface area contributed by atoms with Gasteiger partial charge in [0.15, 0.2) is 10.9 Å². The molecule has 2 heterocycles. The number of para-hydroxylation sites is 1. The molecular formula is C26H17FN2O2S2. The second-order valence-corrected chi connectivity index (χ2v) is 9.09. The van der Waals surface area contributed by atoms with E-state index in [0.29, 0.717) is 26.6 Å². The number of hydrogen-bond donors (Lipinski definition) is 0. The van der Waals surface area contributed by atoms with Crippen molar-refractivity contribution in [1.82, 2.24) is 9.55 Å². The van der Waals surface area contributed by atoms with E-state index in [1.165, 1.54) is 47.4 Å². The highest BCUT2D eigenvalue weighted by atomic mass is 32.2. The average Bonchev–Trinajstić information content (AvgIpc) is 3.28. The van der Waals surface area contributed by atoms with Crippen LogP contribution >= 0.6 is 23.1 Å². The predicted octanol–water partition coefficient (Wildman–Crippen LogP) is 6.23. The summed E-state index contributed by atoms with van der Waals surface area (Å²) < 4.78 is 14.8. The fourth-order valence-corrected chi connectivity index (χ4v) is 5.45. The van der Waals surface area contributed by atoms with Gasteiger partial charge in [-0.05, 0) is 42.0 Å². The monoisotopic (exact) mass is 472 g/mol. The van der Waals surface area contributed by atoms with Gasteiger partial charge in [-0.15, -0.1) is 11.3 Å². The highest BCUT2D eigenvalue weighted by Crippen LogP contribution is 2.33. The Kier molecular flexibility index (Phi) is 5.90. The van der Waals surface area contributed by atoms with Gasteiger partial charge < -0.3 is 0 Å². The molecular weight excluding hydrogens is 455 g/mol. The summed E-state index contributed by atoms with van der Waals surface area (Å²) in [7, 11) is 0. The molecule has 5 rings (SSSR count). The summed E-state index contributed by atoms with van der Waals surface area (Å²) in [6, 6.07) is 24.5. The number of thiophene rings is 1. The lowest BCUT2D eigenvalue weighted by molar-refractivity contribution is 0.102. The van der Waals surface area contributed by atoms with Gasteiger partial charge in [-0.2, -0.15) is 0 Å². The van der Waals surface area contributed by atoms with Crippen LogP contribution in [-0.4, -0.2) is 21.1 Å². The first-order chi connectivity index (χ1) is 16.1. The van der Waals surface area contributed by atoms with E-state index in [1.54, 1.807) is 4.57 Å². The van der Waals surface area contributed by atoms with Crippen LogP contribution in [0, 0.1) is 5.82 Å². The Morgan fingerprint density at radius 2 is 1.61 bits per heavy atom. The number of aromatic nitrogens is 2. The molecule has 0 radical (unpaired) electrons. The molecule has 2 aromatic heterocycles. The Hall–Kier alpha value is -3.55. The number of nitrogens with zero attached hydrogens (tertiary/aromatic N) is 2. The zero-order valence-corrected chi connectivity index (χ0v) is 18.9. The Labute approximate surface area is 197 Å². The van der Waals surface area contributed by atoms with Crippen LogP contribution in [0.1, 0.15) is 10.4 Å². The Morgan fingerprint density at radius 1 is 0.939 bits per heavy atom. The van der Waals surface area contributed by atoms with Crippen LogP contribution in [0.3, 0.4) is 0 Å². The van der Waals surface area contributed by atoms with Crippen molar-refractivity contribution in [3.05, 3.63) is 112 Å². The third-order valence-corrected chi connectivity index (χ3v) is 6.99. The maximum absolute atomic E-state index is 13.7. The van der Waals surface area contributed by atoms with E-state index in [0.717, 1.165) is 11.1 Å². The van der Waals surface area contributed by atoms with E-state index >= 15 is 0 Å². The number of carbonyl (C=O) groups is 1. The van der Waals surface area contributed by atoms with Gasteiger partial charge >= 0.3 is 0 Å². The van der Waals surface area contributed by atoms with Gasteiger partial charge in [-0.3, -0.25) is 14.2 Å². The van der Waals surface area contributed by atoms with Crippen LogP contribution < -0.4 is 5.56 Å². The van der Waals surface area contributed by atoms with Crippen LogP contribution in [0.4, 0.5) is 4.39 Å². The van der Waals surface area contributed by atoms with Crippen molar-refractivity contribution >= 4 is 39.1 Å². The second kappa shape index (κ2) is 9.13. The maximum atomic E-state index is 13.7. The first-order valence-corrected chi connectivity index (χ1v) is 12.0. The highest BCUT2D eigenvalue weighted by molar-refractivity contribution is 7.99. The number of halogens is 1. The van der Waals surface area contributed by atoms with Crippen LogP contribution in [0.15, 0.2) is 100 Å². The molecule has 3 aromatic carbocycles. The van der Waals surface area contributed by atoms with Crippen LogP contribution in [-0.2, 0) is 0 Å². The fraction of sp³-hybridized carbons (Fsp3) is 0.0385. The lowest BCUT2D eigenvalue weighted by Gasteiger charge is -2.12. The SMILES string of the molecule is O=C(CSc1nc2scc(-c3ccccc3)c2c(=O)n1-c1ccccc1)c1ccc(F)cc1. The van der Waals surface area contributed by atoms with Gasteiger partial charge in [0, 0.05) is 16.5 Å². The predicted molar refractivity (Wildman–Crippen MR) is 132 cm³/mol. The van der Waals surface area contributed by atoms with Gasteiger partial charge in [0.05, 0.1) is 16.8 Å². The molecule has 0 unspecified atom stereocenters. The van der Waals surface area contributed by atoms with E-state index in [2.05, 4.69) is 0 Å². The normalized spacial score (nSPS) is 11.1. The molecule has 0 spiro atoms. The van der Waals surface area contributed by atoms with Crippen molar-refractivity contribution in [2.75, 3.05) is 5.75 Å². The highest BCUT2D eigenvalue weighted by Gasteiger charge is 2.19. The zero-order chi connectivity index (χ0) is 22.8. The molecule has 33 heavy (non-hydrogen) atoms. The van der Waals surface area contributed by atoms with Gasteiger partial charge in [-0.25, -0.2) is 9.37 Å². The molecule has 0 saturated heterocycles. The molecule has 5 aromatic rings. The quantitative estimate of drug-likeness (QED) is 0.167. The fourth-order valence-electron chi connectivity index (χ4n) is 3.55. The van der Waals surface area contributed by atoms with Crippen LogP contribution in [0.5, 0.6) is 0 Å². The minimum Gasteiger partial charge on any atom is -0.293 e. The number of ketones is 1. The molecule has 162 valence electrons. The topological polar surface area (TPSA) is 52.0 Å². The molecule has 0 N–H and O–H groups in total. The van der Waals surface area contributed by atoms with Gasteiger partial charge in [-0.1, -0.05) is 60.3 Å². The summed E-state index contributed by atoms with van der Waals surface area (Å²) in [6.07, 6.45) is 0. The van der Waals surface area contributed by atoms with Crippen molar-refractivity contribution in [2.24, 2.45) is 0 Å². The molecule has 0 aliphatic heterocycles. The summed E-state index contributed by atoms with van der Waals surface area (Å²) in [4.78, 5) is 31.8. The number of Topliss-reactive ketones (excluding diaryl/α,β-unsaturated/α-hetero) is 1. The van der Waals surface area contributed by atoms with E-state index < -0.39 is 5.82 Å². The smallest absolute Gasteiger partial charge is 0.268 e. The first-order valence-electron chi connectivity index (χ1n) is 10.2. The van der Waals surface area contributed by atoms with Crippen molar-refractivity contribution < 1.29 is 9.18 Å². The van der Waals surface area contributed by atoms with Crippen molar-refractivity contribution in [3.63, 3.8) is 0 Å². The molecule has 0 saturated carbocycles.